The number of nitrogens with zero attached hydrogens (tertiary/aromatic N) is 8. The number of benzene rings is 1. The molecule has 1 spiro atoms. The van der Waals surface area contributed by atoms with Crippen LogP contribution in [0.3, 0.4) is 0 Å². The van der Waals surface area contributed by atoms with E-state index in [9.17, 15) is 14.9 Å². The van der Waals surface area contributed by atoms with Crippen molar-refractivity contribution in [1.29, 1.82) is 5.26 Å². The summed E-state index contributed by atoms with van der Waals surface area (Å²) < 4.78 is 20.7. The third-order valence-electron chi connectivity index (χ3n) is 14.9. The first kappa shape index (κ1) is 41.7. The summed E-state index contributed by atoms with van der Waals surface area (Å²) in [6.45, 7) is 9.19. The van der Waals surface area contributed by atoms with E-state index in [1.165, 1.54) is 11.3 Å². The molecule has 8 atom stereocenters. The molecule has 4 aliphatic heterocycles. The lowest BCUT2D eigenvalue weighted by molar-refractivity contribution is -0.204. The summed E-state index contributed by atoms with van der Waals surface area (Å²) in [7, 11) is 0. The van der Waals surface area contributed by atoms with Gasteiger partial charge in [-0.2, -0.15) is 5.26 Å². The van der Waals surface area contributed by atoms with Crippen molar-refractivity contribution < 1.29 is 28.3 Å². The molecule has 4 aromatic heterocycles. The molecule has 2 saturated carbocycles. The highest BCUT2D eigenvalue weighted by atomic mass is 16.5. The maximum absolute atomic E-state index is 15.2. The van der Waals surface area contributed by atoms with Crippen LogP contribution in [-0.4, -0.2) is 104 Å². The third-order valence-corrected chi connectivity index (χ3v) is 14.9. The van der Waals surface area contributed by atoms with E-state index in [1.807, 2.05) is 25.3 Å². The molecule has 3 saturated heterocycles. The maximum Gasteiger partial charge on any atom is 0.324 e. The van der Waals surface area contributed by atoms with Crippen molar-refractivity contribution in [2.75, 3.05) is 39.5 Å². The molecular weight excluding hydrogens is 825 g/mol. The van der Waals surface area contributed by atoms with E-state index in [2.05, 4.69) is 79.3 Å². The number of oxazole rings is 1. The molecular formula is C49H54N10O6. The van der Waals surface area contributed by atoms with Crippen molar-refractivity contribution in [2.45, 2.75) is 89.4 Å². The number of hydrazine groups is 1. The second kappa shape index (κ2) is 16.1. The summed E-state index contributed by atoms with van der Waals surface area (Å²) in [5.74, 6) is -1.34. The SMILES string of the molecule is C[C@@H]1[C@@H](C(=O)N[C@@H]2C(=O)N3CCC[C@H](N3)C(=O)OCC(C)(C)Cc3c(-c4cccnc4)n([C@@H]4CC[C@H](C#N)C4)c4ccc(cc34)-c3coc(n3)[C@H]2N2CC3(COC3)C2)[C@@H]1c1ccncn1. The standard InChI is InChI=1S/C49H54N10O6/c1-28-39(35-12-14-52-27-53-35)40(28)44(60)55-41-43(57-22-49(23-57)25-63-26-49)45-54-37(21-64-45)30-9-11-38-33(17-30)34(18-48(2,3)24-65-47(62)36-7-5-15-58(56-36)46(41)61)42(31-6-4-13-51-20-31)59(38)32-10-8-29(16-32)19-50/h4,6,9,11-14,17,20-21,27-29,32,36,39-41,43,56H,5,7-8,10,15-16,18,22-26H2,1-3H3,(H,55,60)/t28-,29-,32+,36-,39-,40+,41-,43-/m0/s1. The molecule has 1 aromatic carbocycles. The Bertz CT molecular complexity index is 2680. The molecule has 16 nitrogen and oxygen atoms in total. The van der Waals surface area contributed by atoms with Gasteiger partial charge in [0.2, 0.25) is 11.8 Å². The fourth-order valence-corrected chi connectivity index (χ4v) is 11.4. The molecule has 11 rings (SSSR count). The number of fused-ring (bicyclic) bond motifs is 6. The van der Waals surface area contributed by atoms with E-state index in [0.29, 0.717) is 63.7 Å². The zero-order valence-electron chi connectivity index (χ0n) is 37.0. The highest BCUT2D eigenvalue weighted by Crippen LogP contribution is 2.53. The number of amides is 2. The van der Waals surface area contributed by atoms with Crippen LogP contribution < -0.4 is 10.7 Å². The molecule has 2 aliphatic carbocycles. The number of pyridine rings is 1. The van der Waals surface area contributed by atoms with Gasteiger partial charge in [-0.25, -0.2) is 20.4 Å². The van der Waals surface area contributed by atoms with E-state index >= 15 is 4.79 Å². The Hall–Kier alpha value is -6.02. The van der Waals surface area contributed by atoms with Crippen LogP contribution in [0.1, 0.15) is 88.0 Å². The van der Waals surface area contributed by atoms with Gasteiger partial charge in [0.15, 0.2) is 0 Å². The molecule has 6 bridgehead atoms. The van der Waals surface area contributed by atoms with Gasteiger partial charge in [0.25, 0.3) is 5.91 Å². The average molecular weight is 879 g/mol. The fourth-order valence-electron chi connectivity index (χ4n) is 11.4. The molecule has 65 heavy (non-hydrogen) atoms. The highest BCUT2D eigenvalue weighted by Gasteiger charge is 2.57. The Balaban J connectivity index is 1.04. The summed E-state index contributed by atoms with van der Waals surface area (Å²) in [6.07, 6.45) is 12.5. The van der Waals surface area contributed by atoms with Crippen molar-refractivity contribution >= 4 is 28.7 Å². The highest BCUT2D eigenvalue weighted by molar-refractivity contribution is 5.95. The number of aromatic nitrogens is 5. The minimum Gasteiger partial charge on any atom is -0.464 e. The Morgan fingerprint density at radius 2 is 1.89 bits per heavy atom. The molecule has 6 aliphatic rings. The van der Waals surface area contributed by atoms with Gasteiger partial charge in [0.05, 0.1) is 31.6 Å². The number of rotatable bonds is 6. The minimum atomic E-state index is -1.12. The van der Waals surface area contributed by atoms with Gasteiger partial charge in [-0.3, -0.25) is 29.3 Å². The Morgan fingerprint density at radius 3 is 2.63 bits per heavy atom. The molecule has 8 heterocycles. The zero-order chi connectivity index (χ0) is 44.6. The number of hydrogen-bond donors (Lipinski definition) is 2. The summed E-state index contributed by atoms with van der Waals surface area (Å²) in [6, 6.07) is 12.2. The normalized spacial score (nSPS) is 29.6. The van der Waals surface area contributed by atoms with Crippen molar-refractivity contribution in [1.82, 2.24) is 45.2 Å². The molecule has 2 N–H and O–H groups in total. The second-order valence-corrected chi connectivity index (χ2v) is 20.2. The quantitative estimate of drug-likeness (QED) is 0.202. The number of likely N-dealkylation sites (tertiary alicyclic amines) is 1. The van der Waals surface area contributed by atoms with Crippen molar-refractivity contribution in [3.63, 3.8) is 0 Å². The number of carbonyl (C=O) groups excluding carboxylic acids is 3. The van der Waals surface area contributed by atoms with Crippen molar-refractivity contribution in [3.8, 4) is 28.6 Å². The van der Waals surface area contributed by atoms with E-state index < -0.39 is 35.4 Å². The molecule has 5 aromatic rings. The third kappa shape index (κ3) is 7.47. The first-order valence-electron chi connectivity index (χ1n) is 23.0. The summed E-state index contributed by atoms with van der Waals surface area (Å²) in [5.41, 5.74) is 9.03. The Labute approximate surface area is 377 Å². The van der Waals surface area contributed by atoms with Crippen LogP contribution in [0.25, 0.3) is 33.4 Å². The summed E-state index contributed by atoms with van der Waals surface area (Å²) >= 11 is 0. The van der Waals surface area contributed by atoms with Crippen molar-refractivity contribution in [3.05, 3.63) is 84.7 Å². The number of esters is 1. The van der Waals surface area contributed by atoms with Crippen LogP contribution in [0.4, 0.5) is 0 Å². The largest absolute Gasteiger partial charge is 0.464 e. The number of ether oxygens (including phenoxy) is 2. The van der Waals surface area contributed by atoms with Crippen LogP contribution >= 0.6 is 0 Å². The number of carbonyl (C=O) groups is 3. The van der Waals surface area contributed by atoms with Crippen LogP contribution in [0.2, 0.25) is 0 Å². The lowest BCUT2D eigenvalue weighted by atomic mass is 9.76. The number of hydrogen-bond acceptors (Lipinski definition) is 13. The van der Waals surface area contributed by atoms with Crippen LogP contribution in [0.5, 0.6) is 0 Å². The molecule has 0 unspecified atom stereocenters. The topological polar surface area (TPSA) is 194 Å². The predicted molar refractivity (Wildman–Crippen MR) is 236 cm³/mol. The Kier molecular flexibility index (Phi) is 10.3. The smallest absolute Gasteiger partial charge is 0.324 e. The molecule has 336 valence electrons. The van der Waals surface area contributed by atoms with Gasteiger partial charge in [0, 0.05) is 101 Å². The second-order valence-electron chi connectivity index (χ2n) is 20.2. The Morgan fingerprint density at radius 1 is 1.03 bits per heavy atom. The van der Waals surface area contributed by atoms with Crippen LogP contribution in [0, 0.1) is 39.9 Å². The van der Waals surface area contributed by atoms with Gasteiger partial charge < -0.3 is 23.8 Å². The van der Waals surface area contributed by atoms with E-state index in [0.717, 1.165) is 58.2 Å². The molecule has 16 heteroatoms. The van der Waals surface area contributed by atoms with Gasteiger partial charge in [-0.05, 0) is 80.3 Å². The molecule has 5 fully saturated rings. The zero-order valence-corrected chi connectivity index (χ0v) is 37.0. The molecule has 2 amide bonds. The van der Waals surface area contributed by atoms with E-state index in [1.54, 1.807) is 18.7 Å². The number of nitriles is 1. The molecule has 0 radical (unpaired) electrons. The summed E-state index contributed by atoms with van der Waals surface area (Å²) in [4.78, 5) is 64.1. The lowest BCUT2D eigenvalue weighted by Gasteiger charge is -2.57. The predicted octanol–water partition coefficient (Wildman–Crippen LogP) is 5.54. The van der Waals surface area contributed by atoms with Crippen molar-refractivity contribution in [2.24, 2.45) is 28.6 Å². The lowest BCUT2D eigenvalue weighted by Crippen LogP contribution is -2.70. The summed E-state index contributed by atoms with van der Waals surface area (Å²) in [5, 5.41) is 15.7. The minimum absolute atomic E-state index is 0.00305. The van der Waals surface area contributed by atoms with Crippen LogP contribution in [-0.2, 0) is 30.3 Å². The monoisotopic (exact) mass is 878 g/mol. The maximum atomic E-state index is 15.2. The van der Waals surface area contributed by atoms with Gasteiger partial charge in [0.1, 0.15) is 36.4 Å². The number of cyclic esters (lactones) is 1. The van der Waals surface area contributed by atoms with Gasteiger partial charge in [-0.1, -0.05) is 26.8 Å². The van der Waals surface area contributed by atoms with Crippen LogP contribution in [0.15, 0.2) is 72.0 Å². The fraction of sp³-hybridized carbons (Fsp3) is 0.510. The first-order chi connectivity index (χ1) is 31.5. The number of nitrogens with one attached hydrogen (secondary N) is 2. The van der Waals surface area contributed by atoms with Gasteiger partial charge >= 0.3 is 5.97 Å². The van der Waals surface area contributed by atoms with E-state index in [-0.39, 0.29) is 47.6 Å². The van der Waals surface area contributed by atoms with Gasteiger partial charge in [-0.15, -0.1) is 0 Å². The average Bonchev–Trinajstić information content (AvgIpc) is 3.67. The van der Waals surface area contributed by atoms with E-state index in [4.69, 9.17) is 18.9 Å². The first-order valence-corrected chi connectivity index (χ1v) is 23.0.